The molecule has 400 valence electrons. The van der Waals surface area contributed by atoms with E-state index in [0.717, 1.165) is 21.8 Å². The maximum Gasteiger partial charge on any atom is 0.697 e. The van der Waals surface area contributed by atoms with E-state index in [1.165, 1.54) is 0 Å². The maximum absolute atomic E-state index is 12.6. The molecule has 0 saturated carbocycles. The van der Waals surface area contributed by atoms with Gasteiger partial charge in [-0.3, -0.25) is 57.1 Å². The van der Waals surface area contributed by atoms with Crippen molar-refractivity contribution in [3.05, 3.63) is 33.4 Å². The number of carbonyl (C=O) groups excluding carboxylic acids is 1. The first-order valence-corrected chi connectivity index (χ1v) is 28.9. The Balaban J connectivity index is 0.000000318. The Labute approximate surface area is 404 Å². The maximum atomic E-state index is 12.6. The minimum atomic E-state index is -4.94. The first-order chi connectivity index (χ1) is 32.9. The summed E-state index contributed by atoms with van der Waals surface area (Å²) in [6.45, 7) is 1.24. The monoisotopic (exact) mass is 1150 g/mol. The summed E-state index contributed by atoms with van der Waals surface area (Å²) in [6.07, 6.45) is -10.3. The van der Waals surface area contributed by atoms with Crippen LogP contribution in [0.1, 0.15) is 40.2 Å². The van der Waals surface area contributed by atoms with Crippen molar-refractivity contribution < 1.29 is 109 Å². The average Bonchev–Trinajstić information content (AvgIpc) is 3.99. The highest BCUT2D eigenvalue weighted by molar-refractivity contribution is 7.70. The number of aromatic nitrogens is 8. The van der Waals surface area contributed by atoms with Crippen molar-refractivity contribution in [2.75, 3.05) is 42.7 Å². The second-order valence-corrected chi connectivity index (χ2v) is 24.7. The molecule has 42 heteroatoms. The van der Waals surface area contributed by atoms with Gasteiger partial charge in [0.2, 0.25) is 17.8 Å². The SMILES string of the molecule is C.CC(C)C(=O)Nc1nc2c(ncn2C2OC(COP(=O)(O)CP(=O)(O)O)C(O)C2O[P+](=O)OCCC#N)c(=O)[nH]1.Nc1nc2c(ncn2C2OC(COP(=O)(O)CP(=O)(O)O)C(O)C2O[P+](=O)O)c(=O)[nH]1. The van der Waals surface area contributed by atoms with Crippen LogP contribution in [0.25, 0.3) is 22.3 Å². The van der Waals surface area contributed by atoms with Crippen molar-refractivity contribution in [1.82, 2.24) is 39.0 Å². The number of hydrogen-bond acceptors (Lipinski definition) is 24. The van der Waals surface area contributed by atoms with Gasteiger partial charge < -0.3 is 63.8 Å². The number of hydrogen-bond donors (Lipinski definition) is 13. The van der Waals surface area contributed by atoms with Crippen LogP contribution in [0.2, 0.25) is 0 Å². The van der Waals surface area contributed by atoms with Gasteiger partial charge in [0.05, 0.1) is 38.4 Å². The van der Waals surface area contributed by atoms with Crippen molar-refractivity contribution in [3.63, 3.8) is 0 Å². The van der Waals surface area contributed by atoms with E-state index in [2.05, 4.69) is 39.7 Å². The van der Waals surface area contributed by atoms with E-state index in [1.54, 1.807) is 19.9 Å². The molecule has 6 heterocycles. The number of amides is 1. The standard InChI is InChI=1S/C18H25N6O13P3.C11H16N5O12P3.CH4/c1-9(2)15(26)22-18-21-14-11(16(27)23-18)20-7-24(14)17-13(37-38(28)34-5-3-4-19)12(25)10(36-17)6-35-40(32,33)8-39(29,30)31;12-11-14-8-5(9(18)15-11)13-2-16(8)10-7(28-29(19)20)6(17)4(27-10)1-26-31(24,25)3-30(21,22)23;/h7,9-10,12-13,17,25H,3,5-6,8H2,1-2H3,(H4-,21,22,23,26,27,29,30,31,32,33);2,4,6-7,10,17H,1,3H2,(H6-,12,14,15,18,19,20,21,22,23,24,25);1H4/p+2. The number of aliphatic hydroxyl groups excluding tert-OH is 2. The molecule has 6 rings (SSSR count). The van der Waals surface area contributed by atoms with Crippen molar-refractivity contribution in [2.24, 2.45) is 5.92 Å². The van der Waals surface area contributed by atoms with Crippen molar-refractivity contribution in [1.29, 1.82) is 5.26 Å². The van der Waals surface area contributed by atoms with E-state index >= 15 is 0 Å². The topological polar surface area (TPSA) is 555 Å². The molecular weight excluding hydrogens is 1100 g/mol. The zero-order chi connectivity index (χ0) is 53.0. The Hall–Kier alpha value is -4.06. The van der Waals surface area contributed by atoms with Crippen molar-refractivity contribution in [3.8, 4) is 6.07 Å². The molecule has 0 aliphatic carbocycles. The Morgan fingerprint density at radius 2 is 1.31 bits per heavy atom. The molecule has 1 amide bonds. The Kier molecular flexibility index (Phi) is 20.6. The molecule has 72 heavy (non-hydrogen) atoms. The zero-order valence-corrected chi connectivity index (χ0v) is 41.4. The third kappa shape index (κ3) is 16.2. The number of nitrogens with one attached hydrogen (secondary N) is 3. The number of nitriles is 1. The van der Waals surface area contributed by atoms with Crippen LogP contribution in [0.15, 0.2) is 22.2 Å². The van der Waals surface area contributed by atoms with Crippen LogP contribution < -0.4 is 22.2 Å². The van der Waals surface area contributed by atoms with E-state index in [1.807, 2.05) is 0 Å². The highest BCUT2D eigenvalue weighted by Gasteiger charge is 2.53. The summed E-state index contributed by atoms with van der Waals surface area (Å²) in [5.41, 5.74) is 3.42. The molecule has 2 aliphatic heterocycles. The summed E-state index contributed by atoms with van der Waals surface area (Å²) < 4.78 is 107. The molecule has 4 aromatic rings. The van der Waals surface area contributed by atoms with Gasteiger partial charge in [-0.2, -0.15) is 15.2 Å². The van der Waals surface area contributed by atoms with Crippen LogP contribution in [0, 0.1) is 17.2 Å². The van der Waals surface area contributed by atoms with Gasteiger partial charge in [-0.05, 0) is 0 Å². The van der Waals surface area contributed by atoms with Crippen LogP contribution >= 0.6 is 46.9 Å². The molecule has 2 aliphatic rings. The molecule has 36 nitrogen and oxygen atoms in total. The predicted octanol–water partition coefficient (Wildman–Crippen LogP) is -0.749. The van der Waals surface area contributed by atoms with Crippen LogP contribution in [-0.4, -0.2) is 158 Å². The minimum absolute atomic E-state index is 0. The molecule has 12 unspecified atom stereocenters. The number of nitrogen functional groups attached to an aromatic ring is 1. The molecule has 14 N–H and O–H groups in total. The fraction of sp³-hybridized carbons (Fsp3) is 0.600. The average molecular weight is 1150 g/mol. The number of anilines is 2. The van der Waals surface area contributed by atoms with Crippen LogP contribution in [0.3, 0.4) is 0 Å². The molecule has 0 aromatic carbocycles. The highest BCUT2D eigenvalue weighted by atomic mass is 31.2. The largest absolute Gasteiger partial charge is 0.697 e. The minimum Gasteiger partial charge on any atom is -0.387 e. The van der Waals surface area contributed by atoms with E-state index in [0.29, 0.717) is 0 Å². The van der Waals surface area contributed by atoms with Gasteiger partial charge in [-0.15, -0.1) is 18.5 Å². The normalized spacial score (nSPS) is 24.4. The summed E-state index contributed by atoms with van der Waals surface area (Å²) in [4.78, 5) is 121. The lowest BCUT2D eigenvalue weighted by Gasteiger charge is -2.18. The number of nitrogens with zero attached hydrogens (tertiary/aromatic N) is 7. The van der Waals surface area contributed by atoms with Crippen LogP contribution in [-0.2, 0) is 64.3 Å². The fourth-order valence-corrected chi connectivity index (χ4v) is 12.6. The molecule has 0 radical (unpaired) electrons. The van der Waals surface area contributed by atoms with Gasteiger partial charge in [0.15, 0.2) is 58.8 Å². The third-order valence-electron chi connectivity index (χ3n) is 9.26. The molecule has 2 saturated heterocycles. The zero-order valence-electron chi connectivity index (χ0n) is 36.0. The first-order valence-electron chi connectivity index (χ1n) is 19.5. The van der Waals surface area contributed by atoms with E-state index in [-0.39, 0.29) is 54.7 Å². The highest BCUT2D eigenvalue weighted by Crippen LogP contribution is 2.57. The van der Waals surface area contributed by atoms with Gasteiger partial charge >= 0.3 is 46.9 Å². The molecule has 2 fully saturated rings. The smallest absolute Gasteiger partial charge is 0.387 e. The number of fused-ring (bicyclic) bond motifs is 2. The van der Waals surface area contributed by atoms with Gasteiger partial charge in [-0.1, -0.05) is 21.3 Å². The fourth-order valence-electron chi connectivity index (χ4n) is 6.28. The number of ether oxygens (including phenoxy) is 2. The number of H-pyrrole nitrogens is 2. The van der Waals surface area contributed by atoms with Crippen molar-refractivity contribution >= 4 is 87.0 Å². The molecule has 4 aromatic heterocycles. The lowest BCUT2D eigenvalue weighted by molar-refractivity contribution is -0.119. The molecule has 0 spiro atoms. The number of aliphatic hydroxyl groups is 2. The first kappa shape index (κ1) is 60.5. The number of rotatable bonds is 21. The summed E-state index contributed by atoms with van der Waals surface area (Å²) in [7, 11) is -25.6. The quantitative estimate of drug-likeness (QED) is 0.0361. The number of carbonyl (C=O) groups is 1. The molecular formula is C30H47N11O25P6+2. The second kappa shape index (κ2) is 24.5. The molecule has 12 atom stereocenters. The Morgan fingerprint density at radius 1 is 0.847 bits per heavy atom. The van der Waals surface area contributed by atoms with Gasteiger partial charge in [-0.25, -0.2) is 9.97 Å². The van der Waals surface area contributed by atoms with Gasteiger partial charge in [0.25, 0.3) is 11.1 Å². The third-order valence-corrected chi connectivity index (χ3v) is 17.4. The Bertz CT molecular complexity index is 2990. The summed E-state index contributed by atoms with van der Waals surface area (Å²) >= 11 is 0. The number of nitrogens with two attached hydrogens (primary N) is 1. The summed E-state index contributed by atoms with van der Waals surface area (Å²) in [5.74, 6) is -4.39. The van der Waals surface area contributed by atoms with E-state index in [9.17, 15) is 61.8 Å². The predicted molar refractivity (Wildman–Crippen MR) is 239 cm³/mol. The van der Waals surface area contributed by atoms with E-state index < -0.39 is 144 Å². The number of aromatic amines is 2. The summed E-state index contributed by atoms with van der Waals surface area (Å²) in [5, 5.41) is 32.3. The lowest BCUT2D eigenvalue weighted by atomic mass is 10.1. The molecule has 0 bridgehead atoms. The van der Waals surface area contributed by atoms with Crippen molar-refractivity contribution in [2.45, 2.75) is 76.8 Å². The summed E-state index contributed by atoms with van der Waals surface area (Å²) in [6, 6.07) is 1.77. The van der Waals surface area contributed by atoms with Gasteiger partial charge in [0.1, 0.15) is 31.0 Å². The second-order valence-electron chi connectivity index (χ2n) is 15.1. The van der Waals surface area contributed by atoms with Gasteiger partial charge in [0, 0.05) is 15.0 Å². The lowest BCUT2D eigenvalue weighted by Crippen LogP contribution is -2.34. The van der Waals surface area contributed by atoms with Crippen LogP contribution in [0.4, 0.5) is 11.9 Å². The van der Waals surface area contributed by atoms with Crippen LogP contribution in [0.5, 0.6) is 0 Å². The van der Waals surface area contributed by atoms with E-state index in [4.69, 9.17) is 63.0 Å². The number of imidazole rings is 2. The Morgan fingerprint density at radius 3 is 1.75 bits per heavy atom.